The SMILES string of the molecule is O=C(COc1ccc(-c2ccccc2)cc1Cl)Nc1ccccc1OC(F)F. The number of anilines is 1. The fourth-order valence-corrected chi connectivity index (χ4v) is 2.76. The fraction of sp³-hybridized carbons (Fsp3) is 0.0952. The van der Waals surface area contributed by atoms with Crippen LogP contribution in [0.3, 0.4) is 0 Å². The molecule has 3 rings (SSSR count). The molecule has 0 spiro atoms. The van der Waals surface area contributed by atoms with E-state index >= 15 is 0 Å². The number of alkyl halides is 2. The molecule has 0 heterocycles. The van der Waals surface area contributed by atoms with E-state index in [1.54, 1.807) is 18.2 Å². The van der Waals surface area contributed by atoms with Crippen molar-refractivity contribution in [3.8, 4) is 22.6 Å². The van der Waals surface area contributed by atoms with Gasteiger partial charge in [0.25, 0.3) is 5.91 Å². The first-order valence-electron chi connectivity index (χ1n) is 8.34. The van der Waals surface area contributed by atoms with E-state index in [0.29, 0.717) is 10.8 Å². The van der Waals surface area contributed by atoms with Gasteiger partial charge in [-0.05, 0) is 35.4 Å². The predicted molar refractivity (Wildman–Crippen MR) is 104 cm³/mol. The van der Waals surface area contributed by atoms with Crippen LogP contribution in [0.1, 0.15) is 0 Å². The zero-order chi connectivity index (χ0) is 19.9. The molecule has 0 aromatic heterocycles. The van der Waals surface area contributed by atoms with Crippen LogP contribution in [0.2, 0.25) is 5.02 Å². The van der Waals surface area contributed by atoms with Crippen LogP contribution < -0.4 is 14.8 Å². The second-order valence-electron chi connectivity index (χ2n) is 5.72. The number of hydrogen-bond acceptors (Lipinski definition) is 3. The number of para-hydroxylation sites is 2. The first-order chi connectivity index (χ1) is 13.5. The van der Waals surface area contributed by atoms with E-state index in [0.717, 1.165) is 11.1 Å². The monoisotopic (exact) mass is 403 g/mol. The van der Waals surface area contributed by atoms with Crippen molar-refractivity contribution in [3.63, 3.8) is 0 Å². The van der Waals surface area contributed by atoms with Gasteiger partial charge in [-0.3, -0.25) is 4.79 Å². The molecule has 1 amide bonds. The largest absolute Gasteiger partial charge is 0.482 e. The average molecular weight is 404 g/mol. The van der Waals surface area contributed by atoms with Crippen molar-refractivity contribution < 1.29 is 23.0 Å². The van der Waals surface area contributed by atoms with Crippen molar-refractivity contribution in [1.29, 1.82) is 0 Å². The molecule has 28 heavy (non-hydrogen) atoms. The maximum absolute atomic E-state index is 12.4. The van der Waals surface area contributed by atoms with Crippen molar-refractivity contribution in [1.82, 2.24) is 0 Å². The third-order valence-corrected chi connectivity index (χ3v) is 4.07. The summed E-state index contributed by atoms with van der Waals surface area (Å²) >= 11 is 6.25. The molecule has 3 aromatic carbocycles. The highest BCUT2D eigenvalue weighted by atomic mass is 35.5. The first-order valence-corrected chi connectivity index (χ1v) is 8.72. The molecular formula is C21H16ClF2NO3. The second kappa shape index (κ2) is 9.19. The molecule has 0 aliphatic heterocycles. The Morgan fingerprint density at radius 1 is 0.929 bits per heavy atom. The lowest BCUT2D eigenvalue weighted by Gasteiger charge is -2.13. The number of rotatable bonds is 7. The quantitative estimate of drug-likeness (QED) is 0.556. The zero-order valence-electron chi connectivity index (χ0n) is 14.6. The molecule has 0 unspecified atom stereocenters. The normalized spacial score (nSPS) is 10.6. The number of amides is 1. The van der Waals surface area contributed by atoms with Gasteiger partial charge in [0.15, 0.2) is 6.61 Å². The van der Waals surface area contributed by atoms with Gasteiger partial charge in [-0.1, -0.05) is 60.1 Å². The number of carbonyl (C=O) groups is 1. The third-order valence-electron chi connectivity index (χ3n) is 3.77. The highest BCUT2D eigenvalue weighted by Crippen LogP contribution is 2.30. The van der Waals surface area contributed by atoms with Gasteiger partial charge in [0.1, 0.15) is 11.5 Å². The summed E-state index contributed by atoms with van der Waals surface area (Å²) in [7, 11) is 0. The molecule has 1 N–H and O–H groups in total. The Morgan fingerprint density at radius 3 is 2.36 bits per heavy atom. The minimum Gasteiger partial charge on any atom is -0.482 e. The van der Waals surface area contributed by atoms with E-state index in [2.05, 4.69) is 10.1 Å². The molecule has 0 saturated carbocycles. The highest BCUT2D eigenvalue weighted by molar-refractivity contribution is 6.32. The van der Waals surface area contributed by atoms with E-state index in [1.165, 1.54) is 18.2 Å². The van der Waals surface area contributed by atoms with Gasteiger partial charge in [-0.15, -0.1) is 0 Å². The summed E-state index contributed by atoms with van der Waals surface area (Å²) in [5.41, 5.74) is 2.05. The van der Waals surface area contributed by atoms with Crippen molar-refractivity contribution in [2.45, 2.75) is 6.61 Å². The van der Waals surface area contributed by atoms with Gasteiger partial charge in [-0.25, -0.2) is 0 Å². The molecule has 4 nitrogen and oxygen atoms in total. The summed E-state index contributed by atoms with van der Waals surface area (Å²) in [5.74, 6) is -0.321. The van der Waals surface area contributed by atoms with Gasteiger partial charge in [0.05, 0.1) is 10.7 Å². The molecule has 3 aromatic rings. The number of carbonyl (C=O) groups excluding carboxylic acids is 1. The first kappa shape index (κ1) is 19.6. The van der Waals surface area contributed by atoms with Crippen LogP contribution in [0.25, 0.3) is 11.1 Å². The maximum Gasteiger partial charge on any atom is 0.387 e. The Kier molecular flexibility index (Phi) is 6.45. The van der Waals surface area contributed by atoms with Crippen LogP contribution in [-0.4, -0.2) is 19.1 Å². The molecule has 0 radical (unpaired) electrons. The van der Waals surface area contributed by atoms with Crippen molar-refractivity contribution in [2.75, 3.05) is 11.9 Å². The number of benzene rings is 3. The lowest BCUT2D eigenvalue weighted by Crippen LogP contribution is -2.21. The van der Waals surface area contributed by atoms with Crippen molar-refractivity contribution >= 4 is 23.2 Å². The van der Waals surface area contributed by atoms with E-state index in [9.17, 15) is 13.6 Å². The van der Waals surface area contributed by atoms with Crippen molar-refractivity contribution in [3.05, 3.63) is 77.8 Å². The van der Waals surface area contributed by atoms with Crippen molar-refractivity contribution in [2.24, 2.45) is 0 Å². The summed E-state index contributed by atoms with van der Waals surface area (Å²) in [4.78, 5) is 12.1. The number of hydrogen-bond donors (Lipinski definition) is 1. The number of halogens is 3. The minimum absolute atomic E-state index is 0.127. The Balaban J connectivity index is 1.62. The average Bonchev–Trinajstić information content (AvgIpc) is 2.69. The summed E-state index contributed by atoms with van der Waals surface area (Å²) in [5, 5.41) is 2.83. The Hall–Kier alpha value is -3.12. The van der Waals surface area contributed by atoms with Gasteiger partial charge >= 0.3 is 6.61 Å². The van der Waals surface area contributed by atoms with Crippen LogP contribution in [-0.2, 0) is 4.79 Å². The highest BCUT2D eigenvalue weighted by Gasteiger charge is 2.13. The van der Waals surface area contributed by atoms with E-state index < -0.39 is 12.5 Å². The summed E-state index contributed by atoms with van der Waals surface area (Å²) < 4.78 is 34.7. The predicted octanol–water partition coefficient (Wildman–Crippen LogP) is 5.63. The fourth-order valence-electron chi connectivity index (χ4n) is 2.53. The summed E-state index contributed by atoms with van der Waals surface area (Å²) in [6.45, 7) is -3.33. The standard InChI is InChI=1S/C21H16ClF2NO3/c22-16-12-15(14-6-2-1-3-7-14)10-11-18(16)27-13-20(26)25-17-8-4-5-9-19(17)28-21(23)24/h1-12,21H,13H2,(H,25,26). The molecule has 0 fully saturated rings. The topological polar surface area (TPSA) is 47.6 Å². The smallest absolute Gasteiger partial charge is 0.387 e. The lowest BCUT2D eigenvalue weighted by atomic mass is 10.1. The van der Waals surface area contributed by atoms with Gasteiger partial charge in [0.2, 0.25) is 0 Å². The lowest BCUT2D eigenvalue weighted by molar-refractivity contribution is -0.118. The van der Waals surface area contributed by atoms with Gasteiger partial charge in [0, 0.05) is 0 Å². The van der Waals surface area contributed by atoms with Gasteiger partial charge < -0.3 is 14.8 Å². The summed E-state index contributed by atoms with van der Waals surface area (Å²) in [6.07, 6.45) is 0. The minimum atomic E-state index is -2.99. The van der Waals surface area contributed by atoms with Gasteiger partial charge in [-0.2, -0.15) is 8.78 Å². The third kappa shape index (κ3) is 5.20. The number of ether oxygens (including phenoxy) is 2. The van der Waals surface area contributed by atoms with Crippen LogP contribution in [0, 0.1) is 0 Å². The molecule has 7 heteroatoms. The molecule has 0 bridgehead atoms. The molecule has 144 valence electrons. The Morgan fingerprint density at radius 2 is 1.64 bits per heavy atom. The second-order valence-corrected chi connectivity index (χ2v) is 6.13. The Labute approximate surface area is 165 Å². The van der Waals surface area contributed by atoms with E-state index in [1.807, 2.05) is 36.4 Å². The number of nitrogens with one attached hydrogen (secondary N) is 1. The molecule has 0 saturated heterocycles. The maximum atomic E-state index is 12.4. The Bertz CT molecular complexity index is 951. The summed E-state index contributed by atoms with van der Waals surface area (Å²) in [6, 6.07) is 20.8. The van der Waals surface area contributed by atoms with E-state index in [-0.39, 0.29) is 18.0 Å². The van der Waals surface area contributed by atoms with Crippen LogP contribution in [0.4, 0.5) is 14.5 Å². The van der Waals surface area contributed by atoms with E-state index in [4.69, 9.17) is 16.3 Å². The molecular weight excluding hydrogens is 388 g/mol. The van der Waals surface area contributed by atoms with Crippen LogP contribution in [0.5, 0.6) is 11.5 Å². The van der Waals surface area contributed by atoms with Crippen LogP contribution in [0.15, 0.2) is 72.8 Å². The van der Waals surface area contributed by atoms with Crippen LogP contribution >= 0.6 is 11.6 Å². The molecule has 0 aliphatic carbocycles. The zero-order valence-corrected chi connectivity index (χ0v) is 15.3. The molecule has 0 aliphatic rings. The molecule has 0 atom stereocenters.